The molecule has 0 saturated carbocycles. The van der Waals surface area contributed by atoms with Crippen LogP contribution in [0.3, 0.4) is 0 Å². The van der Waals surface area contributed by atoms with Gasteiger partial charge in [0.05, 0.1) is 6.07 Å². The molecule has 3 nitrogen and oxygen atoms in total. The summed E-state index contributed by atoms with van der Waals surface area (Å²) >= 11 is 0. The molecule has 1 aromatic rings. The highest BCUT2D eigenvalue weighted by Gasteiger charge is 2.03. The lowest BCUT2D eigenvalue weighted by atomic mass is 10.1. The fourth-order valence-electron chi connectivity index (χ4n) is 1.19. The molecule has 0 heterocycles. The Morgan fingerprint density at radius 1 is 1.40 bits per heavy atom. The van der Waals surface area contributed by atoms with Crippen molar-refractivity contribution in [2.24, 2.45) is 0 Å². The molecule has 0 atom stereocenters. The fourth-order valence-corrected chi connectivity index (χ4v) is 1.19. The standard InChI is InChI=1S/C11H11FN2O/c12-7-9-3-1-2-4-10(9)8-14-11(15)5-6-13/h1-4H,5,7-8H2,(H,14,15). The minimum Gasteiger partial charge on any atom is -0.351 e. The van der Waals surface area contributed by atoms with Gasteiger partial charge in [-0.3, -0.25) is 4.79 Å². The van der Waals surface area contributed by atoms with Gasteiger partial charge in [0, 0.05) is 6.54 Å². The lowest BCUT2D eigenvalue weighted by molar-refractivity contribution is -0.120. The number of carbonyl (C=O) groups is 1. The number of carbonyl (C=O) groups excluding carboxylic acids is 1. The molecule has 0 unspecified atom stereocenters. The molecule has 0 aliphatic rings. The first-order valence-corrected chi connectivity index (χ1v) is 4.54. The molecular weight excluding hydrogens is 195 g/mol. The maximum absolute atomic E-state index is 12.5. The molecule has 0 saturated heterocycles. The number of hydrogen-bond donors (Lipinski definition) is 1. The molecule has 0 radical (unpaired) electrons. The Labute approximate surface area is 87.5 Å². The van der Waals surface area contributed by atoms with Crippen LogP contribution in [-0.2, 0) is 18.0 Å². The van der Waals surface area contributed by atoms with Crippen molar-refractivity contribution in [1.29, 1.82) is 5.26 Å². The molecule has 0 aromatic heterocycles. The molecule has 4 heteroatoms. The summed E-state index contributed by atoms with van der Waals surface area (Å²) in [4.78, 5) is 11.0. The van der Waals surface area contributed by atoms with Crippen LogP contribution < -0.4 is 5.32 Å². The van der Waals surface area contributed by atoms with E-state index in [1.54, 1.807) is 30.3 Å². The van der Waals surface area contributed by atoms with Crippen LogP contribution >= 0.6 is 0 Å². The molecule has 1 rings (SSSR count). The monoisotopic (exact) mass is 206 g/mol. The fraction of sp³-hybridized carbons (Fsp3) is 0.273. The molecule has 15 heavy (non-hydrogen) atoms. The van der Waals surface area contributed by atoms with Gasteiger partial charge in [0.1, 0.15) is 13.1 Å². The van der Waals surface area contributed by atoms with Crippen LogP contribution in [0.15, 0.2) is 24.3 Å². The number of nitrogens with zero attached hydrogens (tertiary/aromatic N) is 1. The van der Waals surface area contributed by atoms with Gasteiger partial charge in [0.25, 0.3) is 0 Å². The first-order valence-electron chi connectivity index (χ1n) is 4.54. The molecule has 78 valence electrons. The van der Waals surface area contributed by atoms with E-state index in [-0.39, 0.29) is 18.9 Å². The van der Waals surface area contributed by atoms with Gasteiger partial charge in [-0.05, 0) is 11.1 Å². The van der Waals surface area contributed by atoms with Crippen molar-refractivity contribution in [1.82, 2.24) is 5.32 Å². The average Bonchev–Trinajstić information content (AvgIpc) is 2.27. The predicted molar refractivity (Wildman–Crippen MR) is 53.3 cm³/mol. The number of benzene rings is 1. The number of alkyl halides is 1. The number of amides is 1. The molecule has 1 aromatic carbocycles. The smallest absolute Gasteiger partial charge is 0.234 e. The molecular formula is C11H11FN2O. The summed E-state index contributed by atoms with van der Waals surface area (Å²) in [6.45, 7) is -0.287. The molecule has 0 aliphatic heterocycles. The molecule has 1 amide bonds. The van der Waals surface area contributed by atoms with Crippen LogP contribution in [0.5, 0.6) is 0 Å². The van der Waals surface area contributed by atoms with Gasteiger partial charge >= 0.3 is 0 Å². The molecule has 0 aliphatic carbocycles. The van der Waals surface area contributed by atoms with Crippen LogP contribution in [0, 0.1) is 11.3 Å². The van der Waals surface area contributed by atoms with E-state index in [0.29, 0.717) is 5.56 Å². The van der Waals surface area contributed by atoms with Gasteiger partial charge in [-0.15, -0.1) is 0 Å². The second kappa shape index (κ2) is 5.76. The van der Waals surface area contributed by atoms with Crippen LogP contribution in [0.1, 0.15) is 17.5 Å². The average molecular weight is 206 g/mol. The minimum absolute atomic E-state index is 0.169. The Bertz CT molecular complexity index is 384. The van der Waals surface area contributed by atoms with E-state index in [1.165, 1.54) is 0 Å². The van der Waals surface area contributed by atoms with Gasteiger partial charge in [-0.2, -0.15) is 5.26 Å². The number of hydrogen-bond acceptors (Lipinski definition) is 2. The summed E-state index contributed by atoms with van der Waals surface area (Å²) in [7, 11) is 0. The van der Waals surface area contributed by atoms with Crippen molar-refractivity contribution in [3.8, 4) is 6.07 Å². The van der Waals surface area contributed by atoms with Crippen LogP contribution in [0.4, 0.5) is 4.39 Å². The van der Waals surface area contributed by atoms with E-state index >= 15 is 0 Å². The van der Waals surface area contributed by atoms with Gasteiger partial charge in [0.2, 0.25) is 5.91 Å². The van der Waals surface area contributed by atoms with Gasteiger partial charge in [-0.1, -0.05) is 24.3 Å². The van der Waals surface area contributed by atoms with Crippen molar-refractivity contribution in [2.45, 2.75) is 19.6 Å². The highest BCUT2D eigenvalue weighted by atomic mass is 19.1. The van der Waals surface area contributed by atoms with Crippen molar-refractivity contribution >= 4 is 5.91 Å². The summed E-state index contributed by atoms with van der Waals surface area (Å²) < 4.78 is 12.5. The van der Waals surface area contributed by atoms with Crippen LogP contribution in [-0.4, -0.2) is 5.91 Å². The van der Waals surface area contributed by atoms with Crippen LogP contribution in [0.25, 0.3) is 0 Å². The maximum atomic E-state index is 12.5. The summed E-state index contributed by atoms with van der Waals surface area (Å²) in [5.41, 5.74) is 1.31. The highest BCUT2D eigenvalue weighted by Crippen LogP contribution is 2.09. The van der Waals surface area contributed by atoms with Gasteiger partial charge in [0.15, 0.2) is 0 Å². The van der Waals surface area contributed by atoms with Crippen molar-refractivity contribution in [3.05, 3.63) is 35.4 Å². The minimum atomic E-state index is -0.551. The van der Waals surface area contributed by atoms with E-state index in [0.717, 1.165) is 5.56 Å². The summed E-state index contributed by atoms with van der Waals surface area (Å²) in [6, 6.07) is 8.70. The third-order valence-corrected chi connectivity index (χ3v) is 1.98. The van der Waals surface area contributed by atoms with E-state index in [9.17, 15) is 9.18 Å². The molecule has 0 spiro atoms. The second-order valence-corrected chi connectivity index (χ2v) is 3.01. The summed E-state index contributed by atoms with van der Waals surface area (Å²) in [6.07, 6.45) is -0.169. The summed E-state index contributed by atoms with van der Waals surface area (Å²) in [5.74, 6) is -0.342. The van der Waals surface area contributed by atoms with Gasteiger partial charge < -0.3 is 5.32 Å². The molecule has 0 fully saturated rings. The number of nitriles is 1. The highest BCUT2D eigenvalue weighted by molar-refractivity contribution is 5.77. The lowest BCUT2D eigenvalue weighted by Gasteiger charge is -2.06. The maximum Gasteiger partial charge on any atom is 0.234 e. The van der Waals surface area contributed by atoms with Crippen LogP contribution in [0.2, 0.25) is 0 Å². The quantitative estimate of drug-likeness (QED) is 0.814. The predicted octanol–water partition coefficient (Wildman–Crippen LogP) is 1.69. The zero-order valence-electron chi connectivity index (χ0n) is 8.16. The van der Waals surface area contributed by atoms with Crippen molar-refractivity contribution in [3.63, 3.8) is 0 Å². The Hall–Kier alpha value is -1.89. The second-order valence-electron chi connectivity index (χ2n) is 3.01. The number of halogens is 1. The SMILES string of the molecule is N#CCC(=O)NCc1ccccc1CF. The Morgan fingerprint density at radius 3 is 2.67 bits per heavy atom. The largest absolute Gasteiger partial charge is 0.351 e. The lowest BCUT2D eigenvalue weighted by Crippen LogP contribution is -2.22. The molecule has 0 bridgehead atoms. The number of rotatable bonds is 4. The zero-order valence-corrected chi connectivity index (χ0v) is 8.16. The van der Waals surface area contributed by atoms with Crippen molar-refractivity contribution < 1.29 is 9.18 Å². The third-order valence-electron chi connectivity index (χ3n) is 1.98. The normalized spacial score (nSPS) is 9.33. The van der Waals surface area contributed by atoms with Crippen molar-refractivity contribution in [2.75, 3.05) is 0 Å². The third kappa shape index (κ3) is 3.39. The van der Waals surface area contributed by atoms with Gasteiger partial charge in [-0.25, -0.2) is 4.39 Å². The van der Waals surface area contributed by atoms with E-state index in [2.05, 4.69) is 5.32 Å². The van der Waals surface area contributed by atoms with E-state index in [4.69, 9.17) is 5.26 Å². The molecule has 1 N–H and O–H groups in total. The zero-order chi connectivity index (χ0) is 11.1. The Balaban J connectivity index is 2.57. The van der Waals surface area contributed by atoms with E-state index < -0.39 is 6.67 Å². The Morgan fingerprint density at radius 2 is 2.07 bits per heavy atom. The Kier molecular flexibility index (Phi) is 4.30. The summed E-state index contributed by atoms with van der Waals surface area (Å²) in [5, 5.41) is 10.8. The topological polar surface area (TPSA) is 52.9 Å². The number of nitrogens with one attached hydrogen (secondary N) is 1. The first kappa shape index (κ1) is 11.2. The first-order chi connectivity index (χ1) is 7.27. The van der Waals surface area contributed by atoms with E-state index in [1.807, 2.05) is 0 Å².